The molecule has 3 N–H and O–H groups in total. The fraction of sp³-hybridized carbons (Fsp3) is 0.733. The van der Waals surface area contributed by atoms with E-state index < -0.39 is 0 Å². The molecule has 1 atom stereocenters. The molecule has 0 saturated carbocycles. The maximum absolute atomic E-state index is 5.93. The average Bonchev–Trinajstić information content (AvgIpc) is 2.81. The highest BCUT2D eigenvalue weighted by Crippen LogP contribution is 2.18. The summed E-state index contributed by atoms with van der Waals surface area (Å²) in [7, 11) is 2.21. The third-order valence-corrected chi connectivity index (χ3v) is 5.13. The van der Waals surface area contributed by atoms with Crippen molar-refractivity contribution >= 4 is 17.0 Å². The molecule has 5 heteroatoms. The monoisotopic (exact) mass is 296 g/mol. The molecule has 2 heterocycles. The van der Waals surface area contributed by atoms with Crippen LogP contribution in [0, 0.1) is 5.92 Å². The number of hydrogen-bond donors (Lipinski definition) is 2. The lowest BCUT2D eigenvalue weighted by Crippen LogP contribution is -2.53. The van der Waals surface area contributed by atoms with E-state index in [9.17, 15) is 0 Å². The van der Waals surface area contributed by atoms with E-state index >= 15 is 0 Å². The second kappa shape index (κ2) is 7.41. The Kier molecular flexibility index (Phi) is 5.84. The summed E-state index contributed by atoms with van der Waals surface area (Å²) in [6.07, 6.45) is 0. The van der Waals surface area contributed by atoms with Crippen LogP contribution in [0.3, 0.4) is 0 Å². The molecule has 1 aromatic heterocycles. The lowest BCUT2D eigenvalue weighted by Gasteiger charge is -2.40. The van der Waals surface area contributed by atoms with Crippen molar-refractivity contribution in [3.63, 3.8) is 0 Å². The Hall–Kier alpha value is -0.620. The van der Waals surface area contributed by atoms with Gasteiger partial charge in [-0.05, 0) is 24.4 Å². The minimum Gasteiger partial charge on any atom is -0.398 e. The van der Waals surface area contributed by atoms with Crippen LogP contribution in [0.2, 0.25) is 0 Å². The first-order valence-corrected chi connectivity index (χ1v) is 8.41. The van der Waals surface area contributed by atoms with E-state index in [2.05, 4.69) is 41.4 Å². The molecule has 0 spiro atoms. The highest BCUT2D eigenvalue weighted by atomic mass is 32.1. The van der Waals surface area contributed by atoms with Crippen LogP contribution in [-0.2, 0) is 6.54 Å². The first-order valence-electron chi connectivity index (χ1n) is 7.53. The van der Waals surface area contributed by atoms with Crippen LogP contribution in [0.25, 0.3) is 0 Å². The van der Waals surface area contributed by atoms with Crippen LogP contribution < -0.4 is 11.1 Å². The van der Waals surface area contributed by atoms with Crippen molar-refractivity contribution in [3.8, 4) is 0 Å². The SMILES string of the molecule is CC(C)C(CNCc1sccc1N)N1CCN(C)CC1. The first kappa shape index (κ1) is 15.8. The summed E-state index contributed by atoms with van der Waals surface area (Å²) in [5, 5.41) is 5.66. The van der Waals surface area contributed by atoms with E-state index in [-0.39, 0.29) is 0 Å². The molecule has 20 heavy (non-hydrogen) atoms. The van der Waals surface area contributed by atoms with Gasteiger partial charge in [-0.1, -0.05) is 13.8 Å². The second-order valence-corrected chi connectivity index (χ2v) is 7.08. The number of nitrogens with zero attached hydrogens (tertiary/aromatic N) is 2. The quantitative estimate of drug-likeness (QED) is 0.838. The van der Waals surface area contributed by atoms with E-state index in [1.165, 1.54) is 31.1 Å². The number of nitrogens with two attached hydrogens (primary N) is 1. The van der Waals surface area contributed by atoms with E-state index in [0.717, 1.165) is 18.8 Å². The van der Waals surface area contributed by atoms with Gasteiger partial charge in [-0.15, -0.1) is 11.3 Å². The fourth-order valence-corrected chi connectivity index (χ4v) is 3.54. The normalized spacial score (nSPS) is 19.6. The summed E-state index contributed by atoms with van der Waals surface area (Å²) in [6.45, 7) is 11.3. The minimum atomic E-state index is 0.616. The minimum absolute atomic E-state index is 0.616. The van der Waals surface area contributed by atoms with E-state index in [1.54, 1.807) is 11.3 Å². The fourth-order valence-electron chi connectivity index (χ4n) is 2.77. The molecule has 1 unspecified atom stereocenters. The van der Waals surface area contributed by atoms with E-state index in [4.69, 9.17) is 5.73 Å². The molecule has 1 aliphatic heterocycles. The van der Waals surface area contributed by atoms with Gasteiger partial charge in [0.1, 0.15) is 0 Å². The average molecular weight is 296 g/mol. The van der Waals surface area contributed by atoms with Crippen molar-refractivity contribution in [3.05, 3.63) is 16.3 Å². The molecule has 0 radical (unpaired) electrons. The Balaban J connectivity index is 1.82. The van der Waals surface area contributed by atoms with Gasteiger partial charge in [-0.2, -0.15) is 0 Å². The van der Waals surface area contributed by atoms with Crippen molar-refractivity contribution in [1.82, 2.24) is 15.1 Å². The Bertz CT molecular complexity index is 396. The van der Waals surface area contributed by atoms with Gasteiger partial charge in [0.2, 0.25) is 0 Å². The zero-order valence-electron chi connectivity index (χ0n) is 12.9. The molecule has 0 aromatic carbocycles. The van der Waals surface area contributed by atoms with Crippen molar-refractivity contribution in [2.24, 2.45) is 5.92 Å². The third-order valence-electron chi connectivity index (χ3n) is 4.20. The molecule has 1 fully saturated rings. The summed E-state index contributed by atoms with van der Waals surface area (Å²) < 4.78 is 0. The number of nitrogens with one attached hydrogen (secondary N) is 1. The van der Waals surface area contributed by atoms with Crippen LogP contribution in [0.15, 0.2) is 11.4 Å². The molecule has 0 bridgehead atoms. The van der Waals surface area contributed by atoms with E-state index in [1.807, 2.05) is 6.07 Å². The molecular formula is C15H28N4S. The lowest BCUT2D eigenvalue weighted by molar-refractivity contribution is 0.0875. The van der Waals surface area contributed by atoms with E-state index in [0.29, 0.717) is 12.0 Å². The Labute approximate surface area is 126 Å². The van der Waals surface area contributed by atoms with Gasteiger partial charge in [0.05, 0.1) is 0 Å². The number of hydrogen-bond acceptors (Lipinski definition) is 5. The molecule has 2 rings (SSSR count). The molecule has 1 aromatic rings. The summed E-state index contributed by atoms with van der Waals surface area (Å²) in [6, 6.07) is 2.60. The summed E-state index contributed by atoms with van der Waals surface area (Å²) in [5.41, 5.74) is 6.85. The maximum atomic E-state index is 5.93. The number of rotatable bonds is 6. The molecule has 1 saturated heterocycles. The zero-order valence-corrected chi connectivity index (χ0v) is 13.7. The number of likely N-dealkylation sites (N-methyl/N-ethyl adjacent to an activating group) is 1. The molecule has 1 aliphatic rings. The third kappa shape index (κ3) is 4.19. The second-order valence-electron chi connectivity index (χ2n) is 6.08. The maximum Gasteiger partial charge on any atom is 0.0468 e. The summed E-state index contributed by atoms with van der Waals surface area (Å²) in [4.78, 5) is 6.30. The topological polar surface area (TPSA) is 44.5 Å². The van der Waals surface area contributed by atoms with Crippen molar-refractivity contribution < 1.29 is 0 Å². The van der Waals surface area contributed by atoms with Gasteiger partial charge < -0.3 is 16.0 Å². The highest BCUT2D eigenvalue weighted by Gasteiger charge is 2.24. The zero-order chi connectivity index (χ0) is 14.5. The Morgan fingerprint density at radius 1 is 1.30 bits per heavy atom. The summed E-state index contributed by atoms with van der Waals surface area (Å²) in [5.74, 6) is 0.673. The van der Waals surface area contributed by atoms with Gasteiger partial charge in [0.25, 0.3) is 0 Å². The standard InChI is InChI=1S/C15H28N4S/c1-12(2)14(19-7-5-18(3)6-8-19)10-17-11-15-13(16)4-9-20-15/h4,9,12,14,17H,5-8,10-11,16H2,1-3H3. The number of nitrogen functional groups attached to an aromatic ring is 1. The number of piperazine rings is 1. The first-order chi connectivity index (χ1) is 9.58. The number of anilines is 1. The van der Waals surface area contributed by atoms with Crippen molar-refractivity contribution in [2.45, 2.75) is 26.4 Å². The molecular weight excluding hydrogens is 268 g/mol. The van der Waals surface area contributed by atoms with Crippen molar-refractivity contribution in [2.75, 3.05) is 45.5 Å². The largest absolute Gasteiger partial charge is 0.398 e. The van der Waals surface area contributed by atoms with Crippen LogP contribution in [0.5, 0.6) is 0 Å². The Morgan fingerprint density at radius 3 is 2.55 bits per heavy atom. The number of thiophene rings is 1. The van der Waals surface area contributed by atoms with Crippen LogP contribution in [-0.4, -0.2) is 55.6 Å². The van der Waals surface area contributed by atoms with Gasteiger partial charge in [-0.25, -0.2) is 0 Å². The van der Waals surface area contributed by atoms with Crippen molar-refractivity contribution in [1.29, 1.82) is 0 Å². The molecule has 0 amide bonds. The van der Waals surface area contributed by atoms with Gasteiger partial charge in [-0.3, -0.25) is 4.90 Å². The Morgan fingerprint density at radius 2 is 2.00 bits per heavy atom. The van der Waals surface area contributed by atoms with Gasteiger partial charge in [0.15, 0.2) is 0 Å². The highest BCUT2D eigenvalue weighted by molar-refractivity contribution is 7.10. The summed E-state index contributed by atoms with van der Waals surface area (Å²) >= 11 is 1.74. The molecule has 4 nitrogen and oxygen atoms in total. The predicted molar refractivity (Wildman–Crippen MR) is 88.1 cm³/mol. The predicted octanol–water partition coefficient (Wildman–Crippen LogP) is 1.69. The lowest BCUT2D eigenvalue weighted by atomic mass is 10.0. The van der Waals surface area contributed by atoms with Gasteiger partial charge >= 0.3 is 0 Å². The van der Waals surface area contributed by atoms with Crippen LogP contribution >= 0.6 is 11.3 Å². The smallest absolute Gasteiger partial charge is 0.0468 e. The van der Waals surface area contributed by atoms with Gasteiger partial charge in [0, 0.05) is 55.9 Å². The molecule has 0 aliphatic carbocycles. The van der Waals surface area contributed by atoms with Crippen LogP contribution in [0.4, 0.5) is 5.69 Å². The molecule has 114 valence electrons. The van der Waals surface area contributed by atoms with Crippen LogP contribution in [0.1, 0.15) is 18.7 Å².